The van der Waals surface area contributed by atoms with Crippen molar-refractivity contribution in [3.63, 3.8) is 0 Å². The molecule has 1 aromatic heterocycles. The molecule has 0 saturated carbocycles. The highest BCUT2D eigenvalue weighted by Crippen LogP contribution is 2.24. The van der Waals surface area contributed by atoms with Crippen molar-refractivity contribution in [3.8, 4) is 0 Å². The van der Waals surface area contributed by atoms with Gasteiger partial charge in [-0.15, -0.1) is 0 Å². The van der Waals surface area contributed by atoms with Crippen molar-refractivity contribution in [3.05, 3.63) is 23.9 Å². The summed E-state index contributed by atoms with van der Waals surface area (Å²) in [5.74, 6) is -1.06. The minimum absolute atomic E-state index is 0.0351. The predicted molar refractivity (Wildman–Crippen MR) is 101 cm³/mol. The van der Waals surface area contributed by atoms with E-state index < -0.39 is 24.0 Å². The molecule has 3 atom stereocenters. The molecule has 0 aromatic carbocycles. The van der Waals surface area contributed by atoms with Crippen LogP contribution in [0.25, 0.3) is 0 Å². The molecule has 9 nitrogen and oxygen atoms in total. The fourth-order valence-electron chi connectivity index (χ4n) is 3.30. The van der Waals surface area contributed by atoms with E-state index in [0.29, 0.717) is 17.3 Å². The molecule has 154 valence electrons. The maximum atomic E-state index is 13.0. The number of β-amino-alcohol motifs (C(OH)–C–C–N with tert-alkyl or cyclic N) is 1. The van der Waals surface area contributed by atoms with Crippen LogP contribution in [0.3, 0.4) is 0 Å². The summed E-state index contributed by atoms with van der Waals surface area (Å²) >= 11 is 0. The normalized spacial score (nSPS) is 19.9. The average molecular weight is 392 g/mol. The number of carbonyl (C=O) groups is 3. The third-order valence-corrected chi connectivity index (χ3v) is 4.81. The van der Waals surface area contributed by atoms with Crippen molar-refractivity contribution >= 4 is 24.0 Å². The van der Waals surface area contributed by atoms with Crippen LogP contribution >= 0.6 is 0 Å². The van der Waals surface area contributed by atoms with E-state index in [4.69, 9.17) is 0 Å². The van der Waals surface area contributed by atoms with Crippen LogP contribution in [0.15, 0.2) is 18.3 Å². The van der Waals surface area contributed by atoms with E-state index in [9.17, 15) is 24.7 Å². The zero-order chi connectivity index (χ0) is 20.7. The van der Waals surface area contributed by atoms with E-state index in [1.165, 1.54) is 4.90 Å². The zero-order valence-corrected chi connectivity index (χ0v) is 16.2. The van der Waals surface area contributed by atoms with Gasteiger partial charge in [0.1, 0.15) is 11.9 Å². The van der Waals surface area contributed by atoms with Crippen molar-refractivity contribution < 1.29 is 24.7 Å². The molecule has 1 saturated heterocycles. The number of anilines is 1. The molecule has 28 heavy (non-hydrogen) atoms. The van der Waals surface area contributed by atoms with Gasteiger partial charge in [0.25, 0.3) is 0 Å². The van der Waals surface area contributed by atoms with Crippen molar-refractivity contribution in [2.24, 2.45) is 5.92 Å². The summed E-state index contributed by atoms with van der Waals surface area (Å²) in [5, 5.41) is 22.7. The lowest BCUT2D eigenvalue weighted by atomic mass is 9.99. The van der Waals surface area contributed by atoms with Gasteiger partial charge in [-0.05, 0) is 25.0 Å². The number of likely N-dealkylation sites (tertiary alicyclic amines) is 1. The van der Waals surface area contributed by atoms with Gasteiger partial charge >= 0.3 is 0 Å². The lowest BCUT2D eigenvalue weighted by Crippen LogP contribution is -2.47. The van der Waals surface area contributed by atoms with Crippen LogP contribution in [0.5, 0.6) is 0 Å². The van der Waals surface area contributed by atoms with Crippen LogP contribution in [-0.2, 0) is 14.4 Å². The molecular weight excluding hydrogens is 364 g/mol. The van der Waals surface area contributed by atoms with E-state index in [-0.39, 0.29) is 31.8 Å². The Labute approximate surface area is 164 Å². The van der Waals surface area contributed by atoms with Gasteiger partial charge in [-0.2, -0.15) is 0 Å². The Morgan fingerprint density at radius 3 is 2.82 bits per heavy atom. The van der Waals surface area contributed by atoms with Crippen LogP contribution in [0.2, 0.25) is 0 Å². The number of hydroxylamine groups is 2. The molecule has 0 spiro atoms. The second-order valence-electron chi connectivity index (χ2n) is 7.17. The molecule has 3 N–H and O–H groups in total. The van der Waals surface area contributed by atoms with E-state index in [2.05, 4.69) is 10.3 Å². The number of hydrogen-bond donors (Lipinski definition) is 3. The smallest absolute Gasteiger partial charge is 0.248 e. The highest BCUT2D eigenvalue weighted by atomic mass is 16.5. The van der Waals surface area contributed by atoms with Crippen LogP contribution in [0.4, 0.5) is 5.82 Å². The lowest BCUT2D eigenvalue weighted by molar-refractivity contribution is -0.157. The summed E-state index contributed by atoms with van der Waals surface area (Å²) < 4.78 is 0. The second-order valence-corrected chi connectivity index (χ2v) is 7.17. The molecule has 1 aromatic rings. The first-order chi connectivity index (χ1) is 13.3. The number of aromatic nitrogens is 1. The zero-order valence-electron chi connectivity index (χ0n) is 16.2. The van der Waals surface area contributed by atoms with E-state index in [1.807, 2.05) is 19.9 Å². The van der Waals surface area contributed by atoms with Crippen molar-refractivity contribution in [2.75, 3.05) is 18.4 Å². The van der Waals surface area contributed by atoms with Gasteiger partial charge < -0.3 is 15.3 Å². The van der Waals surface area contributed by atoms with Crippen molar-refractivity contribution in [1.82, 2.24) is 14.9 Å². The number of hydrogen-bond acceptors (Lipinski definition) is 6. The lowest BCUT2D eigenvalue weighted by Gasteiger charge is -2.29. The van der Waals surface area contributed by atoms with E-state index >= 15 is 0 Å². The molecule has 0 bridgehead atoms. The van der Waals surface area contributed by atoms with Gasteiger partial charge in [0.15, 0.2) is 0 Å². The topological polar surface area (TPSA) is 123 Å². The molecule has 1 fully saturated rings. The first kappa shape index (κ1) is 21.8. The quantitative estimate of drug-likeness (QED) is 0.327. The molecule has 0 aliphatic carbocycles. The number of aliphatic hydroxyl groups is 1. The number of unbranched alkanes of at least 4 members (excludes halogenated alkanes) is 1. The Morgan fingerprint density at radius 2 is 2.21 bits per heavy atom. The Bertz CT molecular complexity index is 681. The van der Waals surface area contributed by atoms with Gasteiger partial charge in [-0.25, -0.2) is 10.0 Å². The molecule has 1 aliphatic rings. The van der Waals surface area contributed by atoms with E-state index in [0.717, 1.165) is 18.4 Å². The largest absolute Gasteiger partial charge is 0.391 e. The summed E-state index contributed by atoms with van der Waals surface area (Å²) in [6.45, 7) is 3.74. The number of aryl methyl sites for hydroxylation is 1. The molecule has 9 heteroatoms. The number of nitrogens with one attached hydrogen (secondary N) is 1. The molecular formula is C19H28N4O5. The molecule has 3 amide bonds. The number of amides is 3. The third-order valence-electron chi connectivity index (χ3n) is 4.81. The summed E-state index contributed by atoms with van der Waals surface area (Å²) in [7, 11) is 0. The first-order valence-corrected chi connectivity index (χ1v) is 9.48. The van der Waals surface area contributed by atoms with Gasteiger partial charge in [0, 0.05) is 19.2 Å². The highest BCUT2D eigenvalue weighted by Gasteiger charge is 2.41. The molecule has 0 unspecified atom stereocenters. The number of pyridine rings is 1. The maximum Gasteiger partial charge on any atom is 0.248 e. The summed E-state index contributed by atoms with van der Waals surface area (Å²) in [4.78, 5) is 41.9. The van der Waals surface area contributed by atoms with Gasteiger partial charge in [-0.1, -0.05) is 25.8 Å². The van der Waals surface area contributed by atoms with Crippen molar-refractivity contribution in [2.45, 2.75) is 51.7 Å². The van der Waals surface area contributed by atoms with Gasteiger partial charge in [-0.3, -0.25) is 19.6 Å². The summed E-state index contributed by atoms with van der Waals surface area (Å²) in [6.07, 6.45) is 3.25. The highest BCUT2D eigenvalue weighted by molar-refractivity contribution is 5.97. The minimum Gasteiger partial charge on any atom is -0.391 e. The predicted octanol–water partition coefficient (Wildman–Crippen LogP) is 0.944. The van der Waals surface area contributed by atoms with Crippen LogP contribution in [-0.4, -0.2) is 68.7 Å². The van der Waals surface area contributed by atoms with Gasteiger partial charge in [0.2, 0.25) is 18.2 Å². The Morgan fingerprint density at radius 1 is 1.46 bits per heavy atom. The van der Waals surface area contributed by atoms with Crippen molar-refractivity contribution in [1.29, 1.82) is 0 Å². The Kier molecular flexibility index (Phi) is 7.89. The molecule has 2 heterocycles. The number of nitrogens with zero attached hydrogens (tertiary/aromatic N) is 3. The fourth-order valence-corrected chi connectivity index (χ4v) is 3.30. The van der Waals surface area contributed by atoms with Crippen LogP contribution < -0.4 is 5.32 Å². The number of aliphatic hydroxyl groups excluding tert-OH is 1. The Hall–Kier alpha value is -2.52. The standard InChI is InChI=1S/C19H28N4O5/c1-3-4-5-14(10-22(28)12-24)19(27)23-11-15(25)8-16(23)18(26)21-17-7-6-13(2)9-20-17/h6-7,9,12,14-16,25,28H,3-5,8,10-11H2,1-2H3,(H,20,21,26)/t14-,15-,16+/m1/s1. The average Bonchev–Trinajstić information content (AvgIpc) is 3.08. The molecule has 0 radical (unpaired) electrons. The van der Waals surface area contributed by atoms with Crippen LogP contribution in [0, 0.1) is 12.8 Å². The third kappa shape index (κ3) is 5.74. The van der Waals surface area contributed by atoms with Gasteiger partial charge in [0.05, 0.1) is 18.6 Å². The monoisotopic (exact) mass is 392 g/mol. The maximum absolute atomic E-state index is 13.0. The number of carbonyl (C=O) groups excluding carboxylic acids is 3. The number of rotatable bonds is 9. The minimum atomic E-state index is -0.835. The summed E-state index contributed by atoms with van der Waals surface area (Å²) in [5.41, 5.74) is 0.952. The van der Waals surface area contributed by atoms with E-state index in [1.54, 1.807) is 12.3 Å². The van der Waals surface area contributed by atoms with Crippen LogP contribution in [0.1, 0.15) is 38.2 Å². The Balaban J connectivity index is 2.12. The molecule has 2 rings (SSSR count). The fraction of sp³-hybridized carbons (Fsp3) is 0.579. The first-order valence-electron chi connectivity index (χ1n) is 9.48. The SMILES string of the molecule is CCCC[C@H](CN(O)C=O)C(=O)N1C[C@H](O)C[C@H]1C(=O)Nc1ccc(C)cn1. The second kappa shape index (κ2) is 10.1. The summed E-state index contributed by atoms with van der Waals surface area (Å²) in [6, 6.07) is 2.64. The molecule has 1 aliphatic heterocycles.